The third-order valence-corrected chi connectivity index (χ3v) is 4.30. The van der Waals surface area contributed by atoms with Crippen molar-refractivity contribution in [3.63, 3.8) is 0 Å². The number of benzene rings is 1. The van der Waals surface area contributed by atoms with Gasteiger partial charge >= 0.3 is 11.9 Å². The summed E-state index contributed by atoms with van der Waals surface area (Å²) in [7, 11) is -3.03. The SMILES string of the molecule is COC(=O)c1ccccc1S(=O)(=O)N[C@@H](C(=O)O)C(C)C. The molecule has 0 fully saturated rings. The minimum Gasteiger partial charge on any atom is -0.480 e. The summed E-state index contributed by atoms with van der Waals surface area (Å²) in [5.41, 5.74) is -0.152. The molecule has 0 saturated heterocycles. The number of hydrogen-bond acceptors (Lipinski definition) is 5. The number of methoxy groups -OCH3 is 1. The van der Waals surface area contributed by atoms with Gasteiger partial charge in [0.1, 0.15) is 6.04 Å². The molecule has 0 heterocycles. The molecule has 0 amide bonds. The van der Waals surface area contributed by atoms with E-state index in [1.54, 1.807) is 13.8 Å². The molecule has 1 rings (SSSR count). The number of rotatable bonds is 6. The zero-order valence-electron chi connectivity index (χ0n) is 11.9. The molecule has 0 aliphatic rings. The van der Waals surface area contributed by atoms with Gasteiger partial charge in [-0.3, -0.25) is 4.79 Å². The normalized spacial score (nSPS) is 13.0. The first-order chi connectivity index (χ1) is 9.70. The van der Waals surface area contributed by atoms with Gasteiger partial charge in [0.2, 0.25) is 10.0 Å². The van der Waals surface area contributed by atoms with E-state index in [1.807, 2.05) is 0 Å². The number of carboxylic acid groups (broad SMARTS) is 1. The summed E-state index contributed by atoms with van der Waals surface area (Å²) in [6.45, 7) is 3.15. The van der Waals surface area contributed by atoms with Crippen LogP contribution in [0.3, 0.4) is 0 Å². The molecule has 0 aliphatic carbocycles. The zero-order chi connectivity index (χ0) is 16.2. The first kappa shape index (κ1) is 17.1. The van der Waals surface area contributed by atoms with Crippen LogP contribution in [0.5, 0.6) is 0 Å². The van der Waals surface area contributed by atoms with E-state index >= 15 is 0 Å². The maximum Gasteiger partial charge on any atom is 0.339 e. The Morgan fingerprint density at radius 3 is 2.29 bits per heavy atom. The average molecular weight is 315 g/mol. The number of carboxylic acids is 1. The van der Waals surface area contributed by atoms with E-state index in [0.29, 0.717) is 0 Å². The second-order valence-electron chi connectivity index (χ2n) is 4.67. The quantitative estimate of drug-likeness (QED) is 0.753. The minimum absolute atomic E-state index is 0.152. The van der Waals surface area contributed by atoms with Gasteiger partial charge in [0.25, 0.3) is 0 Å². The van der Waals surface area contributed by atoms with Crippen molar-refractivity contribution < 1.29 is 27.9 Å². The summed E-state index contributed by atoms with van der Waals surface area (Å²) in [4.78, 5) is 22.4. The molecule has 8 heteroatoms. The molecule has 21 heavy (non-hydrogen) atoms. The summed E-state index contributed by atoms with van der Waals surface area (Å²) >= 11 is 0. The van der Waals surface area contributed by atoms with Crippen molar-refractivity contribution in [1.82, 2.24) is 4.72 Å². The standard InChI is InChI=1S/C13H17NO6S/c1-8(2)11(12(15)16)14-21(18,19)10-7-5-4-6-9(10)13(17)20-3/h4-8,11,14H,1-3H3,(H,15,16)/t11-/m1/s1. The molecule has 0 bridgehead atoms. The van der Waals surface area contributed by atoms with Crippen molar-refractivity contribution in [3.8, 4) is 0 Å². The second kappa shape index (κ2) is 6.68. The fourth-order valence-electron chi connectivity index (χ4n) is 1.68. The molecular formula is C13H17NO6S. The van der Waals surface area contributed by atoms with Crippen LogP contribution < -0.4 is 4.72 Å². The van der Waals surface area contributed by atoms with E-state index in [-0.39, 0.29) is 10.5 Å². The number of carbonyl (C=O) groups is 2. The number of ether oxygens (including phenoxy) is 1. The molecule has 7 nitrogen and oxygen atoms in total. The van der Waals surface area contributed by atoms with Gasteiger partial charge in [-0.2, -0.15) is 4.72 Å². The van der Waals surface area contributed by atoms with E-state index in [9.17, 15) is 18.0 Å². The molecule has 0 aromatic heterocycles. The third kappa shape index (κ3) is 4.02. The van der Waals surface area contributed by atoms with Crippen LogP contribution in [0.15, 0.2) is 29.2 Å². The lowest BCUT2D eigenvalue weighted by Crippen LogP contribution is -2.44. The molecule has 1 aromatic rings. The fraction of sp³-hybridized carbons (Fsp3) is 0.385. The highest BCUT2D eigenvalue weighted by Crippen LogP contribution is 2.18. The second-order valence-corrected chi connectivity index (χ2v) is 6.35. The number of hydrogen-bond donors (Lipinski definition) is 2. The lowest BCUT2D eigenvalue weighted by Gasteiger charge is -2.18. The van der Waals surface area contributed by atoms with Gasteiger partial charge in [0.05, 0.1) is 17.6 Å². The lowest BCUT2D eigenvalue weighted by molar-refractivity contribution is -0.140. The van der Waals surface area contributed by atoms with E-state index < -0.39 is 33.9 Å². The van der Waals surface area contributed by atoms with Crippen LogP contribution in [0.4, 0.5) is 0 Å². The highest BCUT2D eigenvalue weighted by atomic mass is 32.2. The molecule has 0 radical (unpaired) electrons. The van der Waals surface area contributed by atoms with Gasteiger partial charge in [-0.1, -0.05) is 26.0 Å². The lowest BCUT2D eigenvalue weighted by atomic mass is 10.1. The number of esters is 1. The number of carbonyl (C=O) groups excluding carboxylic acids is 1. The van der Waals surface area contributed by atoms with Crippen LogP contribution in [-0.4, -0.2) is 38.6 Å². The average Bonchev–Trinajstić information content (AvgIpc) is 2.43. The van der Waals surface area contributed by atoms with Crippen LogP contribution in [0.1, 0.15) is 24.2 Å². The monoisotopic (exact) mass is 315 g/mol. The number of nitrogens with one attached hydrogen (secondary N) is 1. The highest BCUT2D eigenvalue weighted by molar-refractivity contribution is 7.89. The number of sulfonamides is 1. The van der Waals surface area contributed by atoms with Gasteiger partial charge in [0.15, 0.2) is 0 Å². The van der Waals surface area contributed by atoms with Crippen LogP contribution in [0.2, 0.25) is 0 Å². The minimum atomic E-state index is -4.17. The Hall–Kier alpha value is -1.93. The highest BCUT2D eigenvalue weighted by Gasteiger charge is 2.30. The molecule has 0 saturated carbocycles. The summed E-state index contributed by atoms with van der Waals surface area (Å²) in [5.74, 6) is -2.56. The fourth-order valence-corrected chi connectivity index (χ4v) is 3.21. The summed E-state index contributed by atoms with van der Waals surface area (Å²) in [5, 5.41) is 9.06. The third-order valence-electron chi connectivity index (χ3n) is 2.80. The Morgan fingerprint density at radius 2 is 1.81 bits per heavy atom. The van der Waals surface area contributed by atoms with Gasteiger partial charge < -0.3 is 9.84 Å². The Labute approximate surface area is 123 Å². The first-order valence-corrected chi connectivity index (χ1v) is 7.61. The topological polar surface area (TPSA) is 110 Å². The Balaban J connectivity index is 3.26. The molecule has 1 atom stereocenters. The van der Waals surface area contributed by atoms with E-state index in [2.05, 4.69) is 9.46 Å². The van der Waals surface area contributed by atoms with E-state index in [4.69, 9.17) is 5.11 Å². The molecule has 0 aliphatic heterocycles. The first-order valence-electron chi connectivity index (χ1n) is 6.13. The van der Waals surface area contributed by atoms with Gasteiger partial charge in [-0.25, -0.2) is 13.2 Å². The predicted molar refractivity (Wildman–Crippen MR) is 74.4 cm³/mol. The van der Waals surface area contributed by atoms with E-state index in [1.165, 1.54) is 24.3 Å². The maximum absolute atomic E-state index is 12.3. The van der Waals surface area contributed by atoms with E-state index in [0.717, 1.165) is 7.11 Å². The maximum atomic E-state index is 12.3. The smallest absolute Gasteiger partial charge is 0.339 e. The van der Waals surface area contributed by atoms with Crippen molar-refractivity contribution in [3.05, 3.63) is 29.8 Å². The van der Waals surface area contributed by atoms with Crippen LogP contribution in [0.25, 0.3) is 0 Å². The van der Waals surface area contributed by atoms with Crippen LogP contribution >= 0.6 is 0 Å². The molecule has 2 N–H and O–H groups in total. The Kier molecular flexibility index (Phi) is 5.45. The molecule has 1 aromatic carbocycles. The van der Waals surface area contributed by atoms with Crippen molar-refractivity contribution >= 4 is 22.0 Å². The Morgan fingerprint density at radius 1 is 1.24 bits per heavy atom. The molecule has 116 valence electrons. The van der Waals surface area contributed by atoms with Crippen molar-refractivity contribution in [2.75, 3.05) is 7.11 Å². The van der Waals surface area contributed by atoms with Gasteiger partial charge in [-0.15, -0.1) is 0 Å². The van der Waals surface area contributed by atoms with Crippen LogP contribution in [0, 0.1) is 5.92 Å². The van der Waals surface area contributed by atoms with Gasteiger partial charge in [0, 0.05) is 0 Å². The molecule has 0 unspecified atom stereocenters. The van der Waals surface area contributed by atoms with Crippen molar-refractivity contribution in [2.24, 2.45) is 5.92 Å². The Bertz CT molecular complexity index is 638. The molecular weight excluding hydrogens is 298 g/mol. The predicted octanol–water partition coefficient (Wildman–Crippen LogP) is 0.861. The summed E-state index contributed by atoms with van der Waals surface area (Å²) in [6.07, 6.45) is 0. The van der Waals surface area contributed by atoms with Crippen molar-refractivity contribution in [1.29, 1.82) is 0 Å². The summed E-state index contributed by atoms with van der Waals surface area (Å²) in [6, 6.07) is 4.15. The largest absolute Gasteiger partial charge is 0.480 e. The molecule has 0 spiro atoms. The van der Waals surface area contributed by atoms with Gasteiger partial charge in [-0.05, 0) is 18.1 Å². The zero-order valence-corrected chi connectivity index (χ0v) is 12.7. The summed E-state index contributed by atoms with van der Waals surface area (Å²) < 4.78 is 31.2. The number of aliphatic carboxylic acids is 1. The van der Waals surface area contributed by atoms with Crippen molar-refractivity contribution in [2.45, 2.75) is 24.8 Å². The van der Waals surface area contributed by atoms with Crippen LogP contribution in [-0.2, 0) is 19.6 Å².